The molecule has 0 saturated carbocycles. The summed E-state index contributed by atoms with van der Waals surface area (Å²) in [6, 6.07) is 7.38. The topological polar surface area (TPSA) is 84.5 Å². The van der Waals surface area contributed by atoms with Gasteiger partial charge in [-0.05, 0) is 37.0 Å². The van der Waals surface area contributed by atoms with E-state index in [1.165, 1.54) is 0 Å². The van der Waals surface area contributed by atoms with Crippen molar-refractivity contribution in [3.05, 3.63) is 29.8 Å². The number of nitrogens with one attached hydrogen (secondary N) is 2. The Bertz CT molecular complexity index is 606. The Balaban J connectivity index is 1.51. The van der Waals surface area contributed by atoms with Crippen LogP contribution in [0.4, 0.5) is 5.69 Å². The smallest absolute Gasteiger partial charge is 0.230 e. The van der Waals surface area contributed by atoms with Crippen LogP contribution in [0, 0.1) is 5.92 Å². The van der Waals surface area contributed by atoms with Crippen LogP contribution < -0.4 is 10.6 Å². The summed E-state index contributed by atoms with van der Waals surface area (Å²) >= 11 is 0. The van der Waals surface area contributed by atoms with Crippen LogP contribution in [0.2, 0.25) is 0 Å². The van der Waals surface area contributed by atoms with E-state index in [0.717, 1.165) is 30.7 Å². The van der Waals surface area contributed by atoms with Gasteiger partial charge in [0.2, 0.25) is 17.7 Å². The van der Waals surface area contributed by atoms with E-state index in [-0.39, 0.29) is 36.2 Å². The molecule has 0 aromatic heterocycles. The molecule has 0 unspecified atom stereocenters. The molecule has 2 atom stereocenters. The van der Waals surface area contributed by atoms with Crippen molar-refractivity contribution in [3.8, 4) is 0 Å². The molecule has 2 aliphatic rings. The van der Waals surface area contributed by atoms with Crippen LogP contribution in [0.3, 0.4) is 0 Å². The highest BCUT2D eigenvalue weighted by Gasteiger charge is 2.30. The number of anilines is 1. The number of amides is 3. The maximum Gasteiger partial charge on any atom is 0.230 e. The molecule has 23 heavy (non-hydrogen) atoms. The van der Waals surface area contributed by atoms with Gasteiger partial charge in [0.05, 0.1) is 18.4 Å². The number of hydrogen-bond acceptors (Lipinski definition) is 4. The first kappa shape index (κ1) is 15.7. The van der Waals surface area contributed by atoms with Crippen LogP contribution in [0.15, 0.2) is 24.3 Å². The minimum Gasteiger partial charge on any atom is -0.378 e. The Hall–Kier alpha value is -2.21. The normalized spacial score (nSPS) is 23.8. The number of ether oxygens (including phenoxy) is 1. The van der Waals surface area contributed by atoms with Crippen LogP contribution in [0.5, 0.6) is 0 Å². The minimum atomic E-state index is -0.289. The van der Waals surface area contributed by atoms with Crippen molar-refractivity contribution in [2.45, 2.75) is 38.2 Å². The summed E-state index contributed by atoms with van der Waals surface area (Å²) in [7, 11) is 0. The van der Waals surface area contributed by atoms with Crippen molar-refractivity contribution >= 4 is 23.4 Å². The van der Waals surface area contributed by atoms with Crippen molar-refractivity contribution in [2.24, 2.45) is 5.92 Å². The molecule has 3 rings (SSSR count). The molecule has 0 radical (unpaired) electrons. The molecule has 122 valence electrons. The Morgan fingerprint density at radius 3 is 2.65 bits per heavy atom. The van der Waals surface area contributed by atoms with Crippen LogP contribution in [0.1, 0.15) is 31.2 Å². The van der Waals surface area contributed by atoms with E-state index in [2.05, 4.69) is 10.6 Å². The third kappa shape index (κ3) is 4.16. The molecule has 2 aliphatic heterocycles. The van der Waals surface area contributed by atoms with Gasteiger partial charge in [0, 0.05) is 18.7 Å². The fraction of sp³-hybridized carbons (Fsp3) is 0.471. The van der Waals surface area contributed by atoms with Crippen LogP contribution in [-0.4, -0.2) is 30.4 Å². The molecule has 6 heteroatoms. The minimum absolute atomic E-state index is 0.0349. The predicted molar refractivity (Wildman–Crippen MR) is 83.6 cm³/mol. The molecular formula is C17H20N2O4. The summed E-state index contributed by atoms with van der Waals surface area (Å²) in [5, 5.41) is 5.17. The third-order valence-electron chi connectivity index (χ3n) is 4.22. The predicted octanol–water partition coefficient (Wildman–Crippen LogP) is 1.40. The number of carbonyl (C=O) groups is 3. The summed E-state index contributed by atoms with van der Waals surface area (Å²) in [5.41, 5.74) is 1.70. The molecule has 1 aromatic rings. The molecule has 2 saturated heterocycles. The zero-order valence-corrected chi connectivity index (χ0v) is 12.8. The molecule has 0 spiro atoms. The Labute approximate surface area is 134 Å². The first-order valence-electron chi connectivity index (χ1n) is 7.94. The number of carbonyl (C=O) groups excluding carboxylic acids is 3. The monoisotopic (exact) mass is 316 g/mol. The highest BCUT2D eigenvalue weighted by molar-refractivity contribution is 6.03. The molecule has 3 amide bonds. The van der Waals surface area contributed by atoms with Gasteiger partial charge in [-0.25, -0.2) is 0 Å². The second-order valence-corrected chi connectivity index (χ2v) is 6.10. The van der Waals surface area contributed by atoms with Crippen molar-refractivity contribution in [3.63, 3.8) is 0 Å². The van der Waals surface area contributed by atoms with Gasteiger partial charge in [-0.2, -0.15) is 0 Å². The maximum absolute atomic E-state index is 11.9. The molecule has 2 heterocycles. The Morgan fingerprint density at radius 2 is 2.04 bits per heavy atom. The van der Waals surface area contributed by atoms with Gasteiger partial charge in [0.1, 0.15) is 0 Å². The van der Waals surface area contributed by atoms with E-state index >= 15 is 0 Å². The second kappa shape index (κ2) is 6.91. The number of imide groups is 1. The first-order valence-corrected chi connectivity index (χ1v) is 7.94. The lowest BCUT2D eigenvalue weighted by Crippen LogP contribution is -2.22. The van der Waals surface area contributed by atoms with E-state index in [0.29, 0.717) is 12.8 Å². The molecule has 2 fully saturated rings. The quantitative estimate of drug-likeness (QED) is 0.804. The second-order valence-electron chi connectivity index (χ2n) is 6.10. The lowest BCUT2D eigenvalue weighted by molar-refractivity contribution is -0.126. The Morgan fingerprint density at radius 1 is 1.26 bits per heavy atom. The first-order chi connectivity index (χ1) is 11.1. The fourth-order valence-corrected chi connectivity index (χ4v) is 3.00. The van der Waals surface area contributed by atoms with Gasteiger partial charge in [-0.15, -0.1) is 0 Å². The lowest BCUT2D eigenvalue weighted by atomic mass is 9.98. The largest absolute Gasteiger partial charge is 0.378 e. The third-order valence-corrected chi connectivity index (χ3v) is 4.22. The van der Waals surface area contributed by atoms with Crippen molar-refractivity contribution in [1.29, 1.82) is 0 Å². The maximum atomic E-state index is 11.9. The van der Waals surface area contributed by atoms with Crippen LogP contribution in [0.25, 0.3) is 0 Å². The molecule has 0 aliphatic carbocycles. The average Bonchev–Trinajstić information content (AvgIpc) is 3.11. The highest BCUT2D eigenvalue weighted by Crippen LogP contribution is 2.20. The summed E-state index contributed by atoms with van der Waals surface area (Å²) in [6.45, 7) is 0.740. The highest BCUT2D eigenvalue weighted by atomic mass is 16.5. The number of hydrogen-bond donors (Lipinski definition) is 2. The van der Waals surface area contributed by atoms with E-state index < -0.39 is 0 Å². The van der Waals surface area contributed by atoms with Gasteiger partial charge >= 0.3 is 0 Å². The number of rotatable bonds is 5. The van der Waals surface area contributed by atoms with Gasteiger partial charge < -0.3 is 10.1 Å². The molecule has 0 bridgehead atoms. The lowest BCUT2D eigenvalue weighted by Gasteiger charge is -2.11. The van der Waals surface area contributed by atoms with Crippen molar-refractivity contribution < 1.29 is 19.1 Å². The molecule has 6 nitrogen and oxygen atoms in total. The zero-order chi connectivity index (χ0) is 16.2. The summed E-state index contributed by atoms with van der Waals surface area (Å²) in [4.78, 5) is 34.7. The standard InChI is InChI=1S/C17H20N2O4/c20-15-9-12(17(22)19-15)8-11-3-5-13(6-4-11)18-16(21)10-14-2-1-7-23-14/h3-6,12,14H,1-2,7-10H2,(H,18,21)(H,19,20,22)/t12-,14+/m1/s1. The van der Waals surface area contributed by atoms with Crippen LogP contribution >= 0.6 is 0 Å². The van der Waals surface area contributed by atoms with E-state index in [4.69, 9.17) is 4.74 Å². The Kier molecular flexibility index (Phi) is 4.71. The van der Waals surface area contributed by atoms with Crippen molar-refractivity contribution in [1.82, 2.24) is 5.32 Å². The molecular weight excluding hydrogens is 296 g/mol. The summed E-state index contributed by atoms with van der Waals surface area (Å²) in [5.74, 6) is -0.755. The SMILES string of the molecule is O=C1C[C@@H](Cc2ccc(NC(=O)C[C@@H]3CCCO3)cc2)C(=O)N1. The van der Waals surface area contributed by atoms with Gasteiger partial charge in [-0.1, -0.05) is 12.1 Å². The zero-order valence-electron chi connectivity index (χ0n) is 12.8. The summed E-state index contributed by atoms with van der Waals surface area (Å²) < 4.78 is 5.45. The number of benzene rings is 1. The van der Waals surface area contributed by atoms with E-state index in [1.807, 2.05) is 24.3 Å². The average molecular weight is 316 g/mol. The van der Waals surface area contributed by atoms with Crippen LogP contribution in [-0.2, 0) is 25.5 Å². The van der Waals surface area contributed by atoms with Gasteiger partial charge in [0.25, 0.3) is 0 Å². The van der Waals surface area contributed by atoms with E-state index in [1.54, 1.807) is 0 Å². The molecule has 2 N–H and O–H groups in total. The van der Waals surface area contributed by atoms with Crippen molar-refractivity contribution in [2.75, 3.05) is 11.9 Å². The van der Waals surface area contributed by atoms with E-state index in [9.17, 15) is 14.4 Å². The van der Waals surface area contributed by atoms with Gasteiger partial charge in [-0.3, -0.25) is 19.7 Å². The molecule has 1 aromatic carbocycles. The summed E-state index contributed by atoms with van der Waals surface area (Å²) in [6.07, 6.45) is 3.15. The fourth-order valence-electron chi connectivity index (χ4n) is 3.00. The van der Waals surface area contributed by atoms with Gasteiger partial charge in [0.15, 0.2) is 0 Å².